The van der Waals surface area contributed by atoms with Gasteiger partial charge in [0.1, 0.15) is 17.6 Å². The normalized spacial score (nSPS) is 16.8. The third-order valence-electron chi connectivity index (χ3n) is 2.41. The second kappa shape index (κ2) is 4.36. The van der Waals surface area contributed by atoms with Crippen molar-refractivity contribution in [3.8, 4) is 5.75 Å². The number of aliphatic hydroxyl groups excluding tert-OH is 1. The summed E-state index contributed by atoms with van der Waals surface area (Å²) in [5.41, 5.74) is 0.794. The number of aliphatic hydroxyl groups is 1. The fourth-order valence-electron chi connectivity index (χ4n) is 1.60. The molecule has 3 nitrogen and oxygen atoms in total. The van der Waals surface area contributed by atoms with Gasteiger partial charge in [-0.25, -0.2) is 0 Å². The van der Waals surface area contributed by atoms with Crippen molar-refractivity contribution >= 4 is 0 Å². The summed E-state index contributed by atoms with van der Waals surface area (Å²) in [5, 5.41) is 9.99. The number of benzene rings is 1. The maximum Gasteiger partial charge on any atom is 0.136 e. The molecule has 0 spiro atoms. The molecule has 15 heavy (non-hydrogen) atoms. The van der Waals surface area contributed by atoms with E-state index in [9.17, 15) is 5.11 Å². The van der Waals surface area contributed by atoms with E-state index in [-0.39, 0.29) is 0 Å². The van der Waals surface area contributed by atoms with Crippen LogP contribution in [0.25, 0.3) is 0 Å². The summed E-state index contributed by atoms with van der Waals surface area (Å²) in [6, 6.07) is 7.37. The van der Waals surface area contributed by atoms with Crippen molar-refractivity contribution in [2.75, 3.05) is 13.7 Å². The zero-order valence-electron chi connectivity index (χ0n) is 8.64. The molecule has 1 N–H and O–H groups in total. The average Bonchev–Trinajstić information content (AvgIpc) is 2.81. The van der Waals surface area contributed by atoms with Gasteiger partial charge < -0.3 is 14.6 Å². The van der Waals surface area contributed by atoms with Gasteiger partial charge in [-0.3, -0.25) is 0 Å². The number of hydrogen-bond acceptors (Lipinski definition) is 3. The molecule has 1 atom stereocenters. The third-order valence-corrected chi connectivity index (χ3v) is 2.41. The van der Waals surface area contributed by atoms with Crippen molar-refractivity contribution in [1.29, 1.82) is 0 Å². The average molecular weight is 206 g/mol. The minimum Gasteiger partial charge on any atom is -0.497 e. The van der Waals surface area contributed by atoms with Crippen LogP contribution in [0.5, 0.6) is 5.75 Å². The van der Waals surface area contributed by atoms with Gasteiger partial charge >= 0.3 is 0 Å². The molecule has 1 aromatic carbocycles. The Bertz CT molecular complexity index is 371. The molecule has 1 aromatic rings. The van der Waals surface area contributed by atoms with Crippen LogP contribution in [0, 0.1) is 0 Å². The summed E-state index contributed by atoms with van der Waals surface area (Å²) in [7, 11) is 1.61. The Morgan fingerprint density at radius 2 is 2.33 bits per heavy atom. The van der Waals surface area contributed by atoms with E-state index >= 15 is 0 Å². The quantitative estimate of drug-likeness (QED) is 0.822. The maximum absolute atomic E-state index is 9.99. The minimum atomic E-state index is -0.678. The summed E-state index contributed by atoms with van der Waals surface area (Å²) < 4.78 is 10.4. The van der Waals surface area contributed by atoms with Gasteiger partial charge in [0.25, 0.3) is 0 Å². The third kappa shape index (κ3) is 2.13. The topological polar surface area (TPSA) is 38.7 Å². The predicted molar refractivity (Wildman–Crippen MR) is 56.6 cm³/mol. The van der Waals surface area contributed by atoms with Crippen LogP contribution < -0.4 is 4.74 Å². The summed E-state index contributed by atoms with van der Waals surface area (Å²) in [4.78, 5) is 0. The minimum absolute atomic E-state index is 0.642. The lowest BCUT2D eigenvalue weighted by atomic mass is 10.1. The lowest BCUT2D eigenvalue weighted by molar-refractivity contribution is 0.119. The van der Waals surface area contributed by atoms with Gasteiger partial charge in [-0.1, -0.05) is 12.1 Å². The maximum atomic E-state index is 9.99. The van der Waals surface area contributed by atoms with Crippen LogP contribution in [0.15, 0.2) is 36.1 Å². The summed E-state index contributed by atoms with van der Waals surface area (Å²) in [5.74, 6) is 1.38. The largest absolute Gasteiger partial charge is 0.497 e. The van der Waals surface area contributed by atoms with Gasteiger partial charge in [0.2, 0.25) is 0 Å². The lowest BCUT2D eigenvalue weighted by Gasteiger charge is -2.13. The fourth-order valence-corrected chi connectivity index (χ4v) is 1.60. The highest BCUT2D eigenvalue weighted by atomic mass is 16.5. The Kier molecular flexibility index (Phi) is 2.92. The van der Waals surface area contributed by atoms with E-state index < -0.39 is 6.10 Å². The molecule has 0 aromatic heterocycles. The number of rotatable bonds is 3. The summed E-state index contributed by atoms with van der Waals surface area (Å²) >= 11 is 0. The van der Waals surface area contributed by atoms with E-state index in [1.54, 1.807) is 7.11 Å². The molecule has 0 saturated carbocycles. The molecule has 0 fully saturated rings. The molecule has 1 unspecified atom stereocenters. The zero-order chi connectivity index (χ0) is 10.7. The molecule has 0 bridgehead atoms. The standard InChI is InChI=1S/C12H14O3/c1-14-10-5-2-4-9(8-10)12(13)11-6-3-7-15-11/h2,4-6,8,12-13H,3,7H2,1H3. The fraction of sp³-hybridized carbons (Fsp3) is 0.333. The van der Waals surface area contributed by atoms with Gasteiger partial charge in [0, 0.05) is 6.42 Å². The first-order chi connectivity index (χ1) is 7.31. The molecule has 0 aliphatic carbocycles. The Balaban J connectivity index is 2.20. The highest BCUT2D eigenvalue weighted by Gasteiger charge is 2.18. The van der Waals surface area contributed by atoms with Crippen LogP contribution >= 0.6 is 0 Å². The number of methoxy groups -OCH3 is 1. The summed E-state index contributed by atoms with van der Waals surface area (Å²) in [6.45, 7) is 0.663. The molecule has 1 aliphatic rings. The van der Waals surface area contributed by atoms with Gasteiger partial charge in [-0.15, -0.1) is 0 Å². The van der Waals surface area contributed by atoms with Crippen LogP contribution in [-0.4, -0.2) is 18.8 Å². The molecule has 0 radical (unpaired) electrons. The van der Waals surface area contributed by atoms with Gasteiger partial charge in [-0.05, 0) is 23.8 Å². The molecule has 0 saturated heterocycles. The molecule has 80 valence electrons. The highest BCUT2D eigenvalue weighted by Crippen LogP contribution is 2.28. The van der Waals surface area contributed by atoms with E-state index in [1.165, 1.54) is 0 Å². The van der Waals surface area contributed by atoms with Crippen molar-refractivity contribution in [3.05, 3.63) is 41.7 Å². The van der Waals surface area contributed by atoms with Crippen LogP contribution in [0.1, 0.15) is 18.1 Å². The number of hydrogen-bond donors (Lipinski definition) is 1. The Morgan fingerprint density at radius 3 is 3.00 bits per heavy atom. The van der Waals surface area contributed by atoms with Crippen LogP contribution in [0.2, 0.25) is 0 Å². The zero-order valence-corrected chi connectivity index (χ0v) is 8.64. The molecule has 1 heterocycles. The molecule has 3 heteroatoms. The van der Waals surface area contributed by atoms with E-state index in [4.69, 9.17) is 9.47 Å². The highest BCUT2D eigenvalue weighted by molar-refractivity contribution is 5.32. The first-order valence-corrected chi connectivity index (χ1v) is 4.96. The van der Waals surface area contributed by atoms with Crippen molar-refractivity contribution in [2.45, 2.75) is 12.5 Å². The van der Waals surface area contributed by atoms with Crippen LogP contribution in [-0.2, 0) is 4.74 Å². The van der Waals surface area contributed by atoms with Gasteiger partial charge in [-0.2, -0.15) is 0 Å². The first kappa shape index (κ1) is 10.1. The molecular weight excluding hydrogens is 192 g/mol. The Morgan fingerprint density at radius 1 is 1.47 bits per heavy atom. The van der Waals surface area contributed by atoms with Crippen LogP contribution in [0.4, 0.5) is 0 Å². The van der Waals surface area contributed by atoms with Gasteiger partial charge in [0.05, 0.1) is 13.7 Å². The van der Waals surface area contributed by atoms with E-state index in [2.05, 4.69) is 0 Å². The Hall–Kier alpha value is -1.48. The van der Waals surface area contributed by atoms with E-state index in [0.717, 1.165) is 17.7 Å². The van der Waals surface area contributed by atoms with Gasteiger partial charge in [0.15, 0.2) is 0 Å². The van der Waals surface area contributed by atoms with Crippen LogP contribution in [0.3, 0.4) is 0 Å². The molecule has 1 aliphatic heterocycles. The lowest BCUT2D eigenvalue weighted by Crippen LogP contribution is -2.02. The van der Waals surface area contributed by atoms with E-state index in [1.807, 2.05) is 30.3 Å². The van der Waals surface area contributed by atoms with Crippen molar-refractivity contribution in [1.82, 2.24) is 0 Å². The van der Waals surface area contributed by atoms with E-state index in [0.29, 0.717) is 12.4 Å². The molecule has 2 rings (SSSR count). The number of ether oxygens (including phenoxy) is 2. The first-order valence-electron chi connectivity index (χ1n) is 4.96. The summed E-state index contributed by atoms with van der Waals surface area (Å²) in [6.07, 6.45) is 2.11. The Labute approximate surface area is 88.9 Å². The SMILES string of the molecule is COc1cccc(C(O)C2=CCCO2)c1. The van der Waals surface area contributed by atoms with Crippen molar-refractivity contribution in [3.63, 3.8) is 0 Å². The van der Waals surface area contributed by atoms with Crippen molar-refractivity contribution in [2.24, 2.45) is 0 Å². The monoisotopic (exact) mass is 206 g/mol. The molecular formula is C12H14O3. The smallest absolute Gasteiger partial charge is 0.136 e. The predicted octanol–water partition coefficient (Wildman–Crippen LogP) is 2.03. The molecule has 0 amide bonds. The second-order valence-corrected chi connectivity index (χ2v) is 3.42. The van der Waals surface area contributed by atoms with Crippen molar-refractivity contribution < 1.29 is 14.6 Å². The second-order valence-electron chi connectivity index (χ2n) is 3.42.